The van der Waals surface area contributed by atoms with Crippen LogP contribution in [0.4, 0.5) is 11.4 Å². The van der Waals surface area contributed by atoms with Crippen molar-refractivity contribution in [3.63, 3.8) is 0 Å². The van der Waals surface area contributed by atoms with Crippen molar-refractivity contribution in [2.75, 3.05) is 10.6 Å². The van der Waals surface area contributed by atoms with Crippen molar-refractivity contribution >= 4 is 34.8 Å². The lowest BCUT2D eigenvalue weighted by molar-refractivity contribution is -0.119. The predicted molar refractivity (Wildman–Crippen MR) is 118 cm³/mol. The fourth-order valence-corrected chi connectivity index (χ4v) is 2.98. The number of nitrogens with zero attached hydrogens (tertiary/aromatic N) is 2. The van der Waals surface area contributed by atoms with Gasteiger partial charge in [-0.3, -0.25) is 14.4 Å². The van der Waals surface area contributed by atoms with Gasteiger partial charge in [-0.05, 0) is 55.8 Å². The van der Waals surface area contributed by atoms with Crippen molar-refractivity contribution in [3.8, 4) is 11.3 Å². The zero-order chi connectivity index (χ0) is 21.8. The van der Waals surface area contributed by atoms with E-state index in [0.29, 0.717) is 27.7 Å². The van der Waals surface area contributed by atoms with Crippen LogP contribution < -0.4 is 16.2 Å². The van der Waals surface area contributed by atoms with Gasteiger partial charge in [-0.1, -0.05) is 23.7 Å². The average molecular weight is 425 g/mol. The first kappa shape index (κ1) is 21.3. The molecule has 0 aliphatic carbocycles. The van der Waals surface area contributed by atoms with Gasteiger partial charge in [0.1, 0.15) is 6.04 Å². The number of hydrogen-bond acceptors (Lipinski definition) is 4. The van der Waals surface area contributed by atoms with Crippen LogP contribution in [0, 0.1) is 6.92 Å². The minimum absolute atomic E-state index is 0.180. The molecule has 2 N–H and O–H groups in total. The highest BCUT2D eigenvalue weighted by molar-refractivity contribution is 6.30. The smallest absolute Gasteiger partial charge is 0.267 e. The van der Waals surface area contributed by atoms with Crippen LogP contribution in [0.5, 0.6) is 0 Å². The predicted octanol–water partition coefficient (Wildman–Crippen LogP) is 4.03. The van der Waals surface area contributed by atoms with E-state index >= 15 is 0 Å². The molecule has 3 rings (SSSR count). The van der Waals surface area contributed by atoms with Gasteiger partial charge in [-0.25, -0.2) is 4.68 Å². The number of hydrogen-bond donors (Lipinski definition) is 2. The van der Waals surface area contributed by atoms with Gasteiger partial charge in [0, 0.05) is 35.0 Å². The van der Waals surface area contributed by atoms with Crippen LogP contribution >= 0.6 is 11.6 Å². The summed E-state index contributed by atoms with van der Waals surface area (Å²) in [5, 5.41) is 10.5. The summed E-state index contributed by atoms with van der Waals surface area (Å²) in [6.45, 7) is 4.92. The molecule has 0 bridgehead atoms. The molecule has 3 aromatic rings. The van der Waals surface area contributed by atoms with E-state index in [0.717, 1.165) is 10.2 Å². The number of anilines is 2. The molecule has 0 aliphatic heterocycles. The molecule has 1 atom stereocenters. The highest BCUT2D eigenvalue weighted by Crippen LogP contribution is 2.24. The first-order valence-electron chi connectivity index (χ1n) is 9.29. The van der Waals surface area contributed by atoms with Gasteiger partial charge in [0.05, 0.1) is 5.69 Å². The summed E-state index contributed by atoms with van der Waals surface area (Å²) in [5.74, 6) is -0.562. The molecule has 2 aromatic carbocycles. The number of rotatable bonds is 5. The van der Waals surface area contributed by atoms with Crippen molar-refractivity contribution in [2.24, 2.45) is 0 Å². The SMILES string of the molecule is CC(=O)Nc1cc(-c2ccc(=O)n([C@H](C)C(=O)Nc3ccc(Cl)cc3)n2)ccc1C. The van der Waals surface area contributed by atoms with E-state index < -0.39 is 11.6 Å². The molecule has 0 unspecified atom stereocenters. The Morgan fingerprint density at radius 3 is 2.40 bits per heavy atom. The Labute approximate surface area is 178 Å². The molecule has 8 heteroatoms. The summed E-state index contributed by atoms with van der Waals surface area (Å²) >= 11 is 5.86. The van der Waals surface area contributed by atoms with Crippen LogP contribution in [-0.2, 0) is 9.59 Å². The van der Waals surface area contributed by atoms with Crippen molar-refractivity contribution in [1.82, 2.24) is 9.78 Å². The molecule has 7 nitrogen and oxygen atoms in total. The van der Waals surface area contributed by atoms with Crippen molar-refractivity contribution in [3.05, 3.63) is 75.5 Å². The van der Waals surface area contributed by atoms with E-state index in [2.05, 4.69) is 15.7 Å². The highest BCUT2D eigenvalue weighted by Gasteiger charge is 2.18. The lowest BCUT2D eigenvalue weighted by Crippen LogP contribution is -2.33. The van der Waals surface area contributed by atoms with Crippen LogP contribution in [0.25, 0.3) is 11.3 Å². The van der Waals surface area contributed by atoms with Crippen LogP contribution in [0.15, 0.2) is 59.4 Å². The number of amides is 2. The second-order valence-corrected chi connectivity index (χ2v) is 7.32. The second kappa shape index (κ2) is 8.92. The first-order valence-corrected chi connectivity index (χ1v) is 9.67. The molecule has 0 fully saturated rings. The monoisotopic (exact) mass is 424 g/mol. The number of carbonyl (C=O) groups is 2. The van der Waals surface area contributed by atoms with Gasteiger partial charge in [-0.2, -0.15) is 5.10 Å². The van der Waals surface area contributed by atoms with Crippen LogP contribution in [-0.4, -0.2) is 21.6 Å². The maximum Gasteiger partial charge on any atom is 0.267 e. The third kappa shape index (κ3) is 4.93. The van der Waals surface area contributed by atoms with E-state index in [1.54, 1.807) is 43.3 Å². The van der Waals surface area contributed by atoms with E-state index in [4.69, 9.17) is 11.6 Å². The number of carbonyl (C=O) groups excluding carboxylic acids is 2. The number of aromatic nitrogens is 2. The molecule has 0 radical (unpaired) electrons. The topological polar surface area (TPSA) is 93.1 Å². The maximum atomic E-state index is 12.6. The standard InChI is InChI=1S/C22H21ClN4O3/c1-13-4-5-16(12-20(13)24-15(3)28)19-10-11-21(29)27(26-19)14(2)22(30)25-18-8-6-17(23)7-9-18/h4-12,14H,1-3H3,(H,24,28)(H,25,30)/t14-/m1/s1. The van der Waals surface area contributed by atoms with E-state index in [1.165, 1.54) is 13.0 Å². The van der Waals surface area contributed by atoms with Gasteiger partial charge in [0.15, 0.2) is 0 Å². The number of halogens is 1. The molecule has 2 amide bonds. The minimum atomic E-state index is -0.839. The molecule has 0 saturated carbocycles. The van der Waals surface area contributed by atoms with Crippen LogP contribution in [0.1, 0.15) is 25.5 Å². The Balaban J connectivity index is 1.89. The quantitative estimate of drug-likeness (QED) is 0.646. The second-order valence-electron chi connectivity index (χ2n) is 6.88. The Morgan fingerprint density at radius 1 is 1.03 bits per heavy atom. The maximum absolute atomic E-state index is 12.6. The van der Waals surface area contributed by atoms with Gasteiger partial charge in [-0.15, -0.1) is 0 Å². The summed E-state index contributed by atoms with van der Waals surface area (Å²) in [7, 11) is 0. The van der Waals surface area contributed by atoms with Gasteiger partial charge in [0.25, 0.3) is 5.56 Å². The molecule has 154 valence electrons. The fraction of sp³-hybridized carbons (Fsp3) is 0.182. The zero-order valence-electron chi connectivity index (χ0n) is 16.8. The molecule has 1 heterocycles. The van der Waals surface area contributed by atoms with Gasteiger partial charge >= 0.3 is 0 Å². The van der Waals surface area contributed by atoms with Crippen molar-refractivity contribution in [2.45, 2.75) is 26.8 Å². The fourth-order valence-electron chi connectivity index (χ4n) is 2.85. The zero-order valence-corrected chi connectivity index (χ0v) is 17.5. The molecule has 1 aromatic heterocycles. The van der Waals surface area contributed by atoms with Gasteiger partial charge < -0.3 is 10.6 Å². The average Bonchev–Trinajstić information content (AvgIpc) is 2.71. The summed E-state index contributed by atoms with van der Waals surface area (Å²) in [6.07, 6.45) is 0. The third-order valence-corrected chi connectivity index (χ3v) is 4.78. The largest absolute Gasteiger partial charge is 0.326 e. The van der Waals surface area contributed by atoms with Crippen LogP contribution in [0.3, 0.4) is 0 Å². The summed E-state index contributed by atoms with van der Waals surface area (Å²) in [6, 6.07) is 14.3. The van der Waals surface area contributed by atoms with Gasteiger partial charge in [0.2, 0.25) is 11.8 Å². The third-order valence-electron chi connectivity index (χ3n) is 4.53. The lowest BCUT2D eigenvalue weighted by atomic mass is 10.1. The molecular weight excluding hydrogens is 404 g/mol. The van der Waals surface area contributed by atoms with E-state index in [-0.39, 0.29) is 11.8 Å². The number of benzene rings is 2. The Hall–Kier alpha value is -3.45. The highest BCUT2D eigenvalue weighted by atomic mass is 35.5. The summed E-state index contributed by atoms with van der Waals surface area (Å²) in [4.78, 5) is 36.4. The molecular formula is C22H21ClN4O3. The Kier molecular flexibility index (Phi) is 6.32. The van der Waals surface area contributed by atoms with Crippen LogP contribution in [0.2, 0.25) is 5.02 Å². The Morgan fingerprint density at radius 2 is 1.73 bits per heavy atom. The molecule has 0 saturated heterocycles. The number of nitrogens with one attached hydrogen (secondary N) is 2. The Bertz CT molecular complexity index is 1160. The molecule has 0 spiro atoms. The van der Waals surface area contributed by atoms with Crippen molar-refractivity contribution < 1.29 is 9.59 Å². The normalized spacial score (nSPS) is 11.6. The van der Waals surface area contributed by atoms with E-state index in [9.17, 15) is 14.4 Å². The minimum Gasteiger partial charge on any atom is -0.326 e. The first-order chi connectivity index (χ1) is 14.2. The summed E-state index contributed by atoms with van der Waals surface area (Å²) in [5.41, 5.74) is 2.95. The molecule has 0 aliphatic rings. The molecule has 30 heavy (non-hydrogen) atoms. The summed E-state index contributed by atoms with van der Waals surface area (Å²) < 4.78 is 1.14. The van der Waals surface area contributed by atoms with Crippen molar-refractivity contribution in [1.29, 1.82) is 0 Å². The number of aryl methyl sites for hydroxylation is 1. The lowest BCUT2D eigenvalue weighted by Gasteiger charge is -2.15. The van der Waals surface area contributed by atoms with E-state index in [1.807, 2.05) is 19.1 Å².